The molecule has 1 N–H and O–H groups in total. The highest BCUT2D eigenvalue weighted by Crippen LogP contribution is 2.25. The van der Waals surface area contributed by atoms with Crippen molar-refractivity contribution in [3.8, 4) is 22.6 Å². The molecule has 12 nitrogen and oxygen atoms in total. The summed E-state index contributed by atoms with van der Waals surface area (Å²) < 4.78 is 5.36. The summed E-state index contributed by atoms with van der Waals surface area (Å²) in [4.78, 5) is 64.1. The molecule has 4 amide bonds. The van der Waals surface area contributed by atoms with Crippen LogP contribution in [0.25, 0.3) is 22.6 Å². The fraction of sp³-hybridized carbons (Fsp3) is 0.217. The van der Waals surface area contributed by atoms with E-state index in [1.807, 2.05) is 24.3 Å². The molecule has 1 atom stereocenters. The van der Waals surface area contributed by atoms with Crippen molar-refractivity contribution in [1.82, 2.24) is 35.2 Å². The first-order chi connectivity index (χ1) is 16.9. The quantitative estimate of drug-likeness (QED) is 0.506. The molecule has 3 aromatic rings. The molecule has 12 heteroatoms. The lowest BCUT2D eigenvalue weighted by Crippen LogP contribution is -2.54. The number of likely N-dealkylation sites (N-methyl/N-ethyl adjacent to an activating group) is 1. The number of aromatic nitrogens is 4. The van der Waals surface area contributed by atoms with E-state index in [-0.39, 0.29) is 31.0 Å². The van der Waals surface area contributed by atoms with E-state index in [1.165, 1.54) is 4.90 Å². The number of nitrogens with one attached hydrogen (secondary N) is 1. The topological polar surface area (TPSA) is 151 Å². The zero-order valence-electron chi connectivity index (χ0n) is 18.5. The van der Waals surface area contributed by atoms with Gasteiger partial charge < -0.3 is 9.42 Å². The standard InChI is InChI=1S/C23H19N7O5/c1-29(17-10-20(32)30(23(17)34)16-5-6-18(31)26-22(16)33)12-19-27-21(28-35-19)14-4-2-3-13(9-14)15-11-24-7-8-25-15/h2-4,7-11,16H,5-6,12H2,1H3,(H,26,31,33). The van der Waals surface area contributed by atoms with Crippen LogP contribution < -0.4 is 5.32 Å². The average Bonchev–Trinajstić information content (AvgIpc) is 3.44. The molecule has 0 saturated carbocycles. The third kappa shape index (κ3) is 4.28. The van der Waals surface area contributed by atoms with Crippen molar-refractivity contribution in [3.05, 3.63) is 60.5 Å². The maximum Gasteiger partial charge on any atom is 0.277 e. The molecule has 2 aliphatic heterocycles. The van der Waals surface area contributed by atoms with Crippen molar-refractivity contribution in [1.29, 1.82) is 0 Å². The van der Waals surface area contributed by atoms with Gasteiger partial charge in [0.1, 0.15) is 11.7 Å². The predicted octanol–water partition coefficient (Wildman–Crippen LogP) is 0.683. The van der Waals surface area contributed by atoms with Gasteiger partial charge in [0.05, 0.1) is 18.4 Å². The van der Waals surface area contributed by atoms with Crippen LogP contribution in [0.2, 0.25) is 0 Å². The van der Waals surface area contributed by atoms with Crippen LogP contribution in [-0.4, -0.2) is 66.6 Å². The first-order valence-corrected chi connectivity index (χ1v) is 10.7. The lowest BCUT2D eigenvalue weighted by Gasteiger charge is -2.29. The molecular formula is C23H19N7O5. The fourth-order valence-electron chi connectivity index (χ4n) is 3.96. The minimum atomic E-state index is -1.02. The number of amides is 4. The lowest BCUT2D eigenvalue weighted by atomic mass is 10.0. The lowest BCUT2D eigenvalue weighted by molar-refractivity contribution is -0.150. The summed E-state index contributed by atoms with van der Waals surface area (Å²) in [5.41, 5.74) is 2.34. The zero-order chi connectivity index (χ0) is 24.5. The summed E-state index contributed by atoms with van der Waals surface area (Å²) in [5, 5.41) is 6.19. The van der Waals surface area contributed by atoms with Crippen molar-refractivity contribution in [2.24, 2.45) is 0 Å². The summed E-state index contributed by atoms with van der Waals surface area (Å²) in [6, 6.07) is 6.41. The molecule has 0 aliphatic carbocycles. The van der Waals surface area contributed by atoms with E-state index in [1.54, 1.807) is 25.6 Å². The molecule has 1 aromatic carbocycles. The van der Waals surface area contributed by atoms with Crippen LogP contribution in [0.15, 0.2) is 59.2 Å². The van der Waals surface area contributed by atoms with Crippen LogP contribution in [-0.2, 0) is 25.7 Å². The van der Waals surface area contributed by atoms with Crippen molar-refractivity contribution in [3.63, 3.8) is 0 Å². The van der Waals surface area contributed by atoms with Crippen LogP contribution >= 0.6 is 0 Å². The van der Waals surface area contributed by atoms with Gasteiger partial charge >= 0.3 is 0 Å². The van der Waals surface area contributed by atoms with E-state index in [0.29, 0.717) is 17.1 Å². The Morgan fingerprint density at radius 3 is 2.77 bits per heavy atom. The molecule has 0 bridgehead atoms. The molecule has 2 aliphatic rings. The Morgan fingerprint density at radius 2 is 2.00 bits per heavy atom. The van der Waals surface area contributed by atoms with E-state index in [4.69, 9.17) is 4.52 Å². The molecule has 1 saturated heterocycles. The predicted molar refractivity (Wildman–Crippen MR) is 118 cm³/mol. The third-order valence-electron chi connectivity index (χ3n) is 5.69. The molecule has 0 spiro atoms. The van der Waals surface area contributed by atoms with Crippen molar-refractivity contribution >= 4 is 23.6 Å². The third-order valence-corrected chi connectivity index (χ3v) is 5.69. The Bertz CT molecular complexity index is 1370. The second-order valence-electron chi connectivity index (χ2n) is 8.05. The number of hydrogen-bond acceptors (Lipinski definition) is 10. The molecule has 4 heterocycles. The monoisotopic (exact) mass is 473 g/mol. The fourth-order valence-corrected chi connectivity index (χ4v) is 3.96. The first-order valence-electron chi connectivity index (χ1n) is 10.7. The van der Waals surface area contributed by atoms with Crippen LogP contribution in [0.5, 0.6) is 0 Å². The summed E-state index contributed by atoms with van der Waals surface area (Å²) in [6.45, 7) is 0.0604. The van der Waals surface area contributed by atoms with Gasteiger partial charge in [-0.1, -0.05) is 23.4 Å². The molecule has 1 unspecified atom stereocenters. The Labute approximate surface area is 198 Å². The van der Waals surface area contributed by atoms with Gasteiger partial charge in [-0.15, -0.1) is 0 Å². The maximum absolute atomic E-state index is 12.9. The number of carbonyl (C=O) groups excluding carboxylic acids is 4. The molecule has 35 heavy (non-hydrogen) atoms. The van der Waals surface area contributed by atoms with Crippen LogP contribution in [0.3, 0.4) is 0 Å². The number of rotatable bonds is 6. The number of imide groups is 2. The van der Waals surface area contributed by atoms with Gasteiger partial charge in [-0.3, -0.25) is 39.4 Å². The number of benzene rings is 1. The van der Waals surface area contributed by atoms with Gasteiger partial charge in [0, 0.05) is 43.1 Å². The summed E-state index contributed by atoms with van der Waals surface area (Å²) in [7, 11) is 1.60. The average molecular weight is 473 g/mol. The van der Waals surface area contributed by atoms with Gasteiger partial charge in [-0.25, -0.2) is 0 Å². The summed E-state index contributed by atoms with van der Waals surface area (Å²) in [5.74, 6) is -1.74. The van der Waals surface area contributed by atoms with E-state index >= 15 is 0 Å². The highest BCUT2D eigenvalue weighted by molar-refractivity contribution is 6.18. The second kappa shape index (κ2) is 8.89. The van der Waals surface area contributed by atoms with Crippen molar-refractivity contribution < 1.29 is 23.7 Å². The molecule has 0 radical (unpaired) electrons. The van der Waals surface area contributed by atoms with Crippen molar-refractivity contribution in [2.45, 2.75) is 25.4 Å². The molecule has 1 fully saturated rings. The van der Waals surface area contributed by atoms with E-state index in [0.717, 1.165) is 16.5 Å². The van der Waals surface area contributed by atoms with Crippen LogP contribution in [0.4, 0.5) is 0 Å². The summed E-state index contributed by atoms with van der Waals surface area (Å²) in [6.07, 6.45) is 6.16. The Hall–Kier alpha value is -4.74. The molecule has 176 valence electrons. The van der Waals surface area contributed by atoms with Crippen molar-refractivity contribution in [2.75, 3.05) is 7.05 Å². The maximum atomic E-state index is 12.9. The number of carbonyl (C=O) groups is 4. The van der Waals surface area contributed by atoms with Gasteiger partial charge in [-0.05, 0) is 12.5 Å². The normalized spacial score (nSPS) is 18.0. The van der Waals surface area contributed by atoms with Gasteiger partial charge in [0.25, 0.3) is 11.8 Å². The minimum Gasteiger partial charge on any atom is -0.361 e. The second-order valence-corrected chi connectivity index (χ2v) is 8.05. The zero-order valence-corrected chi connectivity index (χ0v) is 18.5. The first kappa shape index (κ1) is 22.1. The number of nitrogens with zero attached hydrogens (tertiary/aromatic N) is 6. The highest BCUT2D eigenvalue weighted by atomic mass is 16.5. The Balaban J connectivity index is 1.29. The molecular weight excluding hydrogens is 454 g/mol. The van der Waals surface area contributed by atoms with Crippen LogP contribution in [0, 0.1) is 0 Å². The largest absolute Gasteiger partial charge is 0.361 e. The minimum absolute atomic E-state index is 0.0570. The van der Waals surface area contributed by atoms with E-state index in [9.17, 15) is 19.2 Å². The summed E-state index contributed by atoms with van der Waals surface area (Å²) >= 11 is 0. The molecule has 2 aromatic heterocycles. The molecule has 5 rings (SSSR count). The van der Waals surface area contributed by atoms with E-state index < -0.39 is 29.7 Å². The van der Waals surface area contributed by atoms with Gasteiger partial charge in [0.15, 0.2) is 0 Å². The SMILES string of the molecule is CN(Cc1nc(-c2cccc(-c3cnccn3)c2)no1)C1=CC(=O)N(C2CCC(=O)NC2=O)C1=O. The van der Waals surface area contributed by atoms with Crippen LogP contribution in [0.1, 0.15) is 18.7 Å². The van der Waals surface area contributed by atoms with E-state index in [2.05, 4.69) is 25.4 Å². The Morgan fingerprint density at radius 1 is 1.17 bits per heavy atom. The number of piperidine rings is 1. The smallest absolute Gasteiger partial charge is 0.277 e. The highest BCUT2D eigenvalue weighted by Gasteiger charge is 2.43. The van der Waals surface area contributed by atoms with Gasteiger partial charge in [0.2, 0.25) is 23.5 Å². The van der Waals surface area contributed by atoms with Gasteiger partial charge in [-0.2, -0.15) is 4.98 Å². The number of hydrogen-bond donors (Lipinski definition) is 1. The Kier molecular flexibility index (Phi) is 5.61.